The fraction of sp³-hybridized carbons (Fsp3) is 0.353. The molecule has 3 aromatic rings. The zero-order chi connectivity index (χ0) is 18.8. The summed E-state index contributed by atoms with van der Waals surface area (Å²) >= 11 is 0. The van der Waals surface area contributed by atoms with Gasteiger partial charge < -0.3 is 18.9 Å². The second-order valence-corrected chi connectivity index (χ2v) is 6.20. The Balaban J connectivity index is 1.46. The van der Waals surface area contributed by atoms with Crippen molar-refractivity contribution in [2.24, 2.45) is 0 Å². The maximum absolute atomic E-state index is 12.7. The van der Waals surface area contributed by atoms with Crippen LogP contribution in [0.3, 0.4) is 0 Å². The van der Waals surface area contributed by atoms with Crippen molar-refractivity contribution in [1.82, 2.24) is 30.7 Å². The quantitative estimate of drug-likeness (QED) is 0.710. The molecule has 0 radical (unpaired) electrons. The SMILES string of the molecule is Cc1onc(CC(=O)N(C)Cc2ccc3c(c2)OCCO3)c1-c1nn[nH]n1. The predicted octanol–water partition coefficient (Wildman–Crippen LogP) is 1.14. The van der Waals surface area contributed by atoms with Gasteiger partial charge in [-0.1, -0.05) is 11.2 Å². The lowest BCUT2D eigenvalue weighted by atomic mass is 10.1. The van der Waals surface area contributed by atoms with Gasteiger partial charge in [-0.25, -0.2) is 0 Å². The molecule has 0 saturated heterocycles. The number of aromatic amines is 1. The highest BCUT2D eigenvalue weighted by atomic mass is 16.6. The van der Waals surface area contributed by atoms with Crippen molar-refractivity contribution in [2.45, 2.75) is 19.9 Å². The molecular weight excluding hydrogens is 352 g/mol. The van der Waals surface area contributed by atoms with Crippen LogP contribution in [0.25, 0.3) is 11.4 Å². The summed E-state index contributed by atoms with van der Waals surface area (Å²) in [5, 5.41) is 17.8. The van der Waals surface area contributed by atoms with Gasteiger partial charge in [0.1, 0.15) is 24.7 Å². The smallest absolute Gasteiger partial charge is 0.228 e. The third-order valence-corrected chi connectivity index (χ3v) is 4.27. The summed E-state index contributed by atoms with van der Waals surface area (Å²) < 4.78 is 16.3. The van der Waals surface area contributed by atoms with Gasteiger partial charge in [-0.2, -0.15) is 5.21 Å². The number of fused-ring (bicyclic) bond motifs is 1. The Kier molecular flexibility index (Phi) is 4.45. The number of ether oxygens (including phenoxy) is 2. The average Bonchev–Trinajstić information content (AvgIpc) is 3.31. The molecule has 1 aliphatic rings. The number of benzene rings is 1. The van der Waals surface area contributed by atoms with Crippen molar-refractivity contribution in [2.75, 3.05) is 20.3 Å². The van der Waals surface area contributed by atoms with E-state index in [9.17, 15) is 4.79 Å². The zero-order valence-electron chi connectivity index (χ0n) is 14.9. The largest absolute Gasteiger partial charge is 0.486 e. The number of carbonyl (C=O) groups excluding carboxylic acids is 1. The lowest BCUT2D eigenvalue weighted by Gasteiger charge is -2.21. The summed E-state index contributed by atoms with van der Waals surface area (Å²) in [5.41, 5.74) is 2.02. The van der Waals surface area contributed by atoms with Gasteiger partial charge in [0.15, 0.2) is 11.5 Å². The van der Waals surface area contributed by atoms with E-state index in [2.05, 4.69) is 25.8 Å². The second-order valence-electron chi connectivity index (χ2n) is 6.20. The molecule has 1 aromatic carbocycles. The number of nitrogens with one attached hydrogen (secondary N) is 1. The van der Waals surface area contributed by atoms with Crippen LogP contribution in [0.2, 0.25) is 0 Å². The van der Waals surface area contributed by atoms with Crippen molar-refractivity contribution < 1.29 is 18.8 Å². The van der Waals surface area contributed by atoms with E-state index in [0.717, 1.165) is 11.3 Å². The first-order chi connectivity index (χ1) is 13.1. The maximum Gasteiger partial charge on any atom is 0.228 e. The Morgan fingerprint density at radius 2 is 2.07 bits per heavy atom. The lowest BCUT2D eigenvalue weighted by molar-refractivity contribution is -0.129. The molecule has 10 nitrogen and oxygen atoms in total. The first-order valence-corrected chi connectivity index (χ1v) is 8.43. The second kappa shape index (κ2) is 7.06. The lowest BCUT2D eigenvalue weighted by Crippen LogP contribution is -2.28. The van der Waals surface area contributed by atoms with Crippen LogP contribution in [0.1, 0.15) is 17.0 Å². The molecule has 10 heteroatoms. The van der Waals surface area contributed by atoms with E-state index in [1.807, 2.05) is 18.2 Å². The van der Waals surface area contributed by atoms with Crippen LogP contribution in [0.5, 0.6) is 11.5 Å². The molecule has 4 rings (SSSR count). The molecule has 140 valence electrons. The van der Waals surface area contributed by atoms with Crippen molar-refractivity contribution >= 4 is 5.91 Å². The Bertz CT molecular complexity index is 952. The molecule has 0 atom stereocenters. The normalized spacial score (nSPS) is 12.8. The van der Waals surface area contributed by atoms with Gasteiger partial charge in [0, 0.05) is 13.6 Å². The van der Waals surface area contributed by atoms with Crippen LogP contribution in [-0.4, -0.2) is 56.8 Å². The van der Waals surface area contributed by atoms with E-state index >= 15 is 0 Å². The molecule has 1 amide bonds. The van der Waals surface area contributed by atoms with Gasteiger partial charge in [0.2, 0.25) is 11.7 Å². The third-order valence-electron chi connectivity index (χ3n) is 4.27. The molecule has 0 unspecified atom stereocenters. The monoisotopic (exact) mass is 370 g/mol. The maximum atomic E-state index is 12.7. The number of aryl methyl sites for hydroxylation is 1. The average molecular weight is 370 g/mol. The van der Waals surface area contributed by atoms with Gasteiger partial charge in [0.25, 0.3) is 0 Å². The number of aromatic nitrogens is 5. The Labute approximate surface area is 154 Å². The van der Waals surface area contributed by atoms with Crippen LogP contribution in [0.4, 0.5) is 0 Å². The molecule has 0 saturated carbocycles. The third kappa shape index (κ3) is 3.46. The Morgan fingerprint density at radius 1 is 1.26 bits per heavy atom. The van der Waals surface area contributed by atoms with E-state index in [4.69, 9.17) is 14.0 Å². The van der Waals surface area contributed by atoms with E-state index in [-0.39, 0.29) is 12.3 Å². The summed E-state index contributed by atoms with van der Waals surface area (Å²) in [6.07, 6.45) is 0.0717. The van der Waals surface area contributed by atoms with Gasteiger partial charge >= 0.3 is 0 Å². The van der Waals surface area contributed by atoms with E-state index in [0.29, 0.717) is 48.4 Å². The van der Waals surface area contributed by atoms with Gasteiger partial charge in [-0.05, 0) is 29.8 Å². The van der Waals surface area contributed by atoms with Crippen LogP contribution < -0.4 is 9.47 Å². The fourth-order valence-electron chi connectivity index (χ4n) is 2.92. The number of carbonyl (C=O) groups is 1. The Hall–Kier alpha value is -3.43. The van der Waals surface area contributed by atoms with Crippen LogP contribution in [-0.2, 0) is 17.8 Å². The molecule has 27 heavy (non-hydrogen) atoms. The number of hydrogen-bond donors (Lipinski definition) is 1. The fourth-order valence-corrected chi connectivity index (χ4v) is 2.92. The Morgan fingerprint density at radius 3 is 2.85 bits per heavy atom. The first-order valence-electron chi connectivity index (χ1n) is 8.43. The summed E-state index contributed by atoms with van der Waals surface area (Å²) in [6.45, 7) is 3.25. The van der Waals surface area contributed by atoms with E-state index in [1.54, 1.807) is 18.9 Å². The topological polar surface area (TPSA) is 119 Å². The van der Waals surface area contributed by atoms with Crippen LogP contribution in [0, 0.1) is 6.92 Å². The minimum atomic E-state index is -0.108. The van der Waals surface area contributed by atoms with Crippen LogP contribution in [0.15, 0.2) is 22.7 Å². The number of H-pyrrole nitrogens is 1. The highest BCUT2D eigenvalue weighted by Gasteiger charge is 2.22. The van der Waals surface area contributed by atoms with Crippen molar-refractivity contribution in [3.05, 3.63) is 35.2 Å². The highest BCUT2D eigenvalue weighted by Crippen LogP contribution is 2.31. The van der Waals surface area contributed by atoms with Crippen molar-refractivity contribution in [1.29, 1.82) is 0 Å². The summed E-state index contributed by atoms with van der Waals surface area (Å²) in [7, 11) is 1.74. The number of nitrogens with zero attached hydrogens (tertiary/aromatic N) is 5. The molecule has 0 spiro atoms. The number of rotatable bonds is 5. The molecule has 1 N–H and O–H groups in total. The zero-order valence-corrected chi connectivity index (χ0v) is 14.9. The molecule has 2 aromatic heterocycles. The summed E-state index contributed by atoms with van der Waals surface area (Å²) in [6, 6.07) is 5.67. The van der Waals surface area contributed by atoms with Crippen LogP contribution >= 0.6 is 0 Å². The molecule has 0 fully saturated rings. The molecular formula is C17H18N6O4. The van der Waals surface area contributed by atoms with Gasteiger partial charge in [0.05, 0.1) is 12.0 Å². The standard InChI is InChI=1S/C17H18N6O4/c1-10-16(17-18-21-22-19-17)12(20-27-10)8-15(24)23(2)9-11-3-4-13-14(7-11)26-6-5-25-13/h3-4,7H,5-6,8-9H2,1-2H3,(H,18,19,21,22). The van der Waals surface area contributed by atoms with Gasteiger partial charge in [-0.3, -0.25) is 4.79 Å². The van der Waals surface area contributed by atoms with E-state index < -0.39 is 0 Å². The first kappa shape index (κ1) is 17.0. The van der Waals surface area contributed by atoms with Gasteiger partial charge in [-0.15, -0.1) is 10.2 Å². The molecule has 3 heterocycles. The predicted molar refractivity (Wildman–Crippen MR) is 92.0 cm³/mol. The number of likely N-dealkylation sites (N-methyl/N-ethyl adjacent to an activating group) is 1. The molecule has 0 aliphatic carbocycles. The number of amides is 1. The molecule has 0 bridgehead atoms. The van der Waals surface area contributed by atoms with E-state index in [1.165, 1.54) is 0 Å². The summed E-state index contributed by atoms with van der Waals surface area (Å²) in [4.78, 5) is 14.3. The molecule has 1 aliphatic heterocycles. The minimum Gasteiger partial charge on any atom is -0.486 e. The van der Waals surface area contributed by atoms with Crippen molar-refractivity contribution in [3.63, 3.8) is 0 Å². The number of hydrogen-bond acceptors (Lipinski definition) is 8. The highest BCUT2D eigenvalue weighted by molar-refractivity contribution is 5.80. The number of tetrazole rings is 1. The van der Waals surface area contributed by atoms with Crippen molar-refractivity contribution in [3.8, 4) is 22.9 Å². The summed E-state index contributed by atoms with van der Waals surface area (Å²) in [5.74, 6) is 2.20. The minimum absolute atomic E-state index is 0.0717.